The van der Waals surface area contributed by atoms with Crippen LogP contribution in [0.4, 0.5) is 5.69 Å². The van der Waals surface area contributed by atoms with Gasteiger partial charge in [-0.1, -0.05) is 46.9 Å². The molecule has 2 aromatic carbocycles. The summed E-state index contributed by atoms with van der Waals surface area (Å²) in [6.07, 6.45) is 0. The number of benzene rings is 2. The van der Waals surface area contributed by atoms with Crippen molar-refractivity contribution in [2.75, 3.05) is 5.43 Å². The lowest BCUT2D eigenvalue weighted by atomic mass is 10.1. The van der Waals surface area contributed by atoms with E-state index in [2.05, 4.69) is 10.5 Å². The van der Waals surface area contributed by atoms with Crippen LogP contribution in [0.3, 0.4) is 0 Å². The molecule has 0 radical (unpaired) electrons. The zero-order chi connectivity index (χ0) is 14.7. The Kier molecular flexibility index (Phi) is 4.92. The SMILES string of the molecule is C/C(=N/Nc1ccc(C)c(Cl)c1)c1ccc(Cl)cc1Cl. The van der Waals surface area contributed by atoms with Gasteiger partial charge in [0.05, 0.1) is 16.4 Å². The maximum Gasteiger partial charge on any atom is 0.0663 e. The van der Waals surface area contributed by atoms with Crippen molar-refractivity contribution >= 4 is 46.2 Å². The molecule has 0 spiro atoms. The summed E-state index contributed by atoms with van der Waals surface area (Å²) >= 11 is 18.1. The molecule has 0 fully saturated rings. The number of aryl methyl sites for hydroxylation is 1. The largest absolute Gasteiger partial charge is 0.278 e. The lowest BCUT2D eigenvalue weighted by molar-refractivity contribution is 1.31. The Bertz CT molecular complexity index is 666. The molecule has 0 amide bonds. The Morgan fingerprint density at radius 3 is 2.40 bits per heavy atom. The Hall–Kier alpha value is -1.22. The molecule has 0 heterocycles. The molecule has 2 aromatic rings. The van der Waals surface area contributed by atoms with Crippen LogP contribution < -0.4 is 5.43 Å². The molecule has 0 aliphatic rings. The Balaban J connectivity index is 2.20. The highest BCUT2D eigenvalue weighted by molar-refractivity contribution is 6.37. The minimum absolute atomic E-state index is 0.572. The van der Waals surface area contributed by atoms with Gasteiger partial charge in [-0.3, -0.25) is 5.43 Å². The van der Waals surface area contributed by atoms with Crippen molar-refractivity contribution in [3.63, 3.8) is 0 Å². The van der Waals surface area contributed by atoms with Crippen LogP contribution in [0.25, 0.3) is 0 Å². The standard InChI is InChI=1S/C15H13Cl3N2/c1-9-3-5-12(8-14(9)17)20-19-10(2)13-6-4-11(16)7-15(13)18/h3-8,20H,1-2H3/b19-10-. The van der Waals surface area contributed by atoms with Gasteiger partial charge < -0.3 is 0 Å². The number of anilines is 1. The maximum absolute atomic E-state index is 6.14. The zero-order valence-electron chi connectivity index (χ0n) is 11.0. The molecule has 0 aromatic heterocycles. The molecule has 0 bridgehead atoms. The predicted molar refractivity (Wildman–Crippen MR) is 88.5 cm³/mol. The predicted octanol–water partition coefficient (Wildman–Crippen LogP) is 5.79. The molecule has 5 heteroatoms. The summed E-state index contributed by atoms with van der Waals surface area (Å²) in [5.74, 6) is 0. The van der Waals surface area contributed by atoms with Gasteiger partial charge in [0.25, 0.3) is 0 Å². The summed E-state index contributed by atoms with van der Waals surface area (Å²) < 4.78 is 0. The summed E-state index contributed by atoms with van der Waals surface area (Å²) in [6.45, 7) is 3.83. The zero-order valence-corrected chi connectivity index (χ0v) is 13.3. The molecule has 2 nitrogen and oxygen atoms in total. The minimum Gasteiger partial charge on any atom is -0.278 e. The first kappa shape index (κ1) is 15.2. The van der Waals surface area contributed by atoms with E-state index in [0.29, 0.717) is 15.1 Å². The van der Waals surface area contributed by atoms with Gasteiger partial charge >= 0.3 is 0 Å². The first-order valence-corrected chi connectivity index (χ1v) is 7.12. The minimum atomic E-state index is 0.572. The second-order valence-electron chi connectivity index (χ2n) is 4.40. The van der Waals surface area contributed by atoms with Crippen molar-refractivity contribution in [2.45, 2.75) is 13.8 Å². The monoisotopic (exact) mass is 326 g/mol. The number of rotatable bonds is 3. The molecule has 20 heavy (non-hydrogen) atoms. The second-order valence-corrected chi connectivity index (χ2v) is 5.65. The molecular weight excluding hydrogens is 315 g/mol. The summed E-state index contributed by atoms with van der Waals surface area (Å²) in [5, 5.41) is 6.18. The molecule has 0 saturated carbocycles. The Labute approximate surface area is 133 Å². The highest BCUT2D eigenvalue weighted by Crippen LogP contribution is 2.23. The van der Waals surface area contributed by atoms with Crippen LogP contribution in [-0.4, -0.2) is 5.71 Å². The fourth-order valence-corrected chi connectivity index (χ4v) is 2.38. The van der Waals surface area contributed by atoms with Crippen molar-refractivity contribution in [1.82, 2.24) is 0 Å². The molecule has 0 aliphatic heterocycles. The number of nitrogens with zero attached hydrogens (tertiary/aromatic N) is 1. The van der Waals surface area contributed by atoms with Crippen molar-refractivity contribution in [3.05, 3.63) is 62.6 Å². The molecule has 2 rings (SSSR count). The van der Waals surface area contributed by atoms with Crippen LogP contribution in [0.5, 0.6) is 0 Å². The molecule has 0 unspecified atom stereocenters. The smallest absolute Gasteiger partial charge is 0.0663 e. The van der Waals surface area contributed by atoms with Crippen LogP contribution in [0.1, 0.15) is 18.1 Å². The summed E-state index contributed by atoms with van der Waals surface area (Å²) in [4.78, 5) is 0. The average molecular weight is 328 g/mol. The van der Waals surface area contributed by atoms with E-state index in [-0.39, 0.29) is 0 Å². The maximum atomic E-state index is 6.14. The van der Waals surface area contributed by atoms with Crippen LogP contribution in [-0.2, 0) is 0 Å². The van der Waals surface area contributed by atoms with Gasteiger partial charge in [0.15, 0.2) is 0 Å². The molecule has 104 valence electrons. The highest BCUT2D eigenvalue weighted by Gasteiger charge is 2.04. The molecule has 0 aliphatic carbocycles. The van der Waals surface area contributed by atoms with Gasteiger partial charge in [-0.2, -0.15) is 5.10 Å². The average Bonchev–Trinajstić information content (AvgIpc) is 2.40. The van der Waals surface area contributed by atoms with Crippen molar-refractivity contribution in [1.29, 1.82) is 0 Å². The lowest BCUT2D eigenvalue weighted by Crippen LogP contribution is -2.00. The summed E-state index contributed by atoms with van der Waals surface area (Å²) in [6, 6.07) is 11.0. The van der Waals surface area contributed by atoms with Crippen molar-refractivity contribution in [2.24, 2.45) is 5.10 Å². The fraction of sp³-hybridized carbons (Fsp3) is 0.133. The first-order valence-electron chi connectivity index (χ1n) is 5.99. The third kappa shape index (κ3) is 3.66. The van der Waals surface area contributed by atoms with Gasteiger partial charge in [-0.15, -0.1) is 0 Å². The molecule has 1 N–H and O–H groups in total. The topological polar surface area (TPSA) is 24.4 Å². The number of hydrogen-bond acceptors (Lipinski definition) is 2. The third-order valence-electron chi connectivity index (χ3n) is 2.85. The van der Waals surface area contributed by atoms with Crippen molar-refractivity contribution in [3.8, 4) is 0 Å². The van der Waals surface area contributed by atoms with Gasteiger partial charge in [0.1, 0.15) is 0 Å². The van der Waals surface area contributed by atoms with Crippen molar-refractivity contribution < 1.29 is 0 Å². The van der Waals surface area contributed by atoms with Crippen LogP contribution in [0.2, 0.25) is 15.1 Å². The second kappa shape index (κ2) is 6.49. The third-order valence-corrected chi connectivity index (χ3v) is 3.80. The van der Waals surface area contributed by atoms with Gasteiger partial charge in [-0.25, -0.2) is 0 Å². The molecular formula is C15H13Cl3N2. The number of nitrogens with one attached hydrogen (secondary N) is 1. The summed E-state index contributed by atoms with van der Waals surface area (Å²) in [5.41, 5.74) is 6.42. The first-order chi connectivity index (χ1) is 9.47. The van der Waals surface area contributed by atoms with Gasteiger partial charge in [-0.05, 0) is 43.7 Å². The number of halogens is 3. The highest BCUT2D eigenvalue weighted by atomic mass is 35.5. The van der Waals surface area contributed by atoms with E-state index in [1.54, 1.807) is 12.1 Å². The van der Waals surface area contributed by atoms with E-state index in [1.165, 1.54) is 0 Å². The van der Waals surface area contributed by atoms with E-state index >= 15 is 0 Å². The normalized spacial score (nSPS) is 11.6. The fourth-order valence-electron chi connectivity index (χ4n) is 1.65. The van der Waals surface area contributed by atoms with E-state index in [4.69, 9.17) is 34.8 Å². The number of hydrazone groups is 1. The van der Waals surface area contributed by atoms with E-state index in [0.717, 1.165) is 22.5 Å². The van der Waals surface area contributed by atoms with E-state index in [1.807, 2.05) is 38.1 Å². The summed E-state index contributed by atoms with van der Waals surface area (Å²) in [7, 11) is 0. The Morgan fingerprint density at radius 1 is 1.00 bits per heavy atom. The quantitative estimate of drug-likeness (QED) is 0.560. The molecule has 0 saturated heterocycles. The van der Waals surface area contributed by atoms with E-state index in [9.17, 15) is 0 Å². The number of hydrogen-bond donors (Lipinski definition) is 1. The Morgan fingerprint density at radius 2 is 1.75 bits per heavy atom. The van der Waals surface area contributed by atoms with E-state index < -0.39 is 0 Å². The lowest BCUT2D eigenvalue weighted by Gasteiger charge is -2.07. The van der Waals surface area contributed by atoms with Crippen LogP contribution in [0.15, 0.2) is 41.5 Å². The van der Waals surface area contributed by atoms with Crippen LogP contribution >= 0.6 is 34.8 Å². The van der Waals surface area contributed by atoms with Gasteiger partial charge in [0.2, 0.25) is 0 Å². The van der Waals surface area contributed by atoms with Crippen LogP contribution in [0, 0.1) is 6.92 Å². The van der Waals surface area contributed by atoms with Gasteiger partial charge in [0, 0.05) is 15.6 Å². The molecule has 0 atom stereocenters.